The molecule has 1 aromatic heterocycles. The third-order valence-corrected chi connectivity index (χ3v) is 8.03. The van der Waals surface area contributed by atoms with Crippen molar-refractivity contribution in [1.29, 1.82) is 0 Å². The number of para-hydroxylation sites is 1. The van der Waals surface area contributed by atoms with E-state index in [1.165, 1.54) is 4.31 Å². The summed E-state index contributed by atoms with van der Waals surface area (Å²) in [5.41, 5.74) is 6.85. The number of piperidine rings is 1. The lowest BCUT2D eigenvalue weighted by Crippen LogP contribution is -2.49. The minimum atomic E-state index is -3.72. The van der Waals surface area contributed by atoms with Gasteiger partial charge in [-0.05, 0) is 50.3 Å². The van der Waals surface area contributed by atoms with Gasteiger partial charge in [-0.25, -0.2) is 8.42 Å². The van der Waals surface area contributed by atoms with Crippen molar-refractivity contribution in [3.05, 3.63) is 36.0 Å². The third-order valence-electron chi connectivity index (χ3n) is 6.10. The number of benzene rings is 1. The van der Waals surface area contributed by atoms with Crippen LogP contribution in [0.1, 0.15) is 31.2 Å². The highest BCUT2D eigenvalue weighted by atomic mass is 32.2. The molecule has 9 heteroatoms. The van der Waals surface area contributed by atoms with Gasteiger partial charge in [0.05, 0.1) is 5.52 Å². The predicted octanol–water partition coefficient (Wildman–Crippen LogP) is 1.42. The second-order valence-corrected chi connectivity index (χ2v) is 10.0. The SMILES string of the molecule is Cc1cnc2c(S(=O)(=O)N3CCC(C(=O)N4CCC[C@H]4C(N)=O)CC3)cccc2c1. The van der Waals surface area contributed by atoms with Crippen LogP contribution in [0.4, 0.5) is 0 Å². The van der Waals surface area contributed by atoms with Crippen LogP contribution < -0.4 is 5.73 Å². The van der Waals surface area contributed by atoms with Crippen molar-refractivity contribution >= 4 is 32.7 Å². The van der Waals surface area contributed by atoms with Crippen LogP contribution in [-0.4, -0.2) is 60.1 Å². The maximum absolute atomic E-state index is 13.3. The molecule has 0 saturated carbocycles. The second-order valence-electron chi connectivity index (χ2n) is 8.11. The zero-order chi connectivity index (χ0) is 21.5. The largest absolute Gasteiger partial charge is 0.368 e. The van der Waals surface area contributed by atoms with E-state index < -0.39 is 22.0 Å². The number of carbonyl (C=O) groups is 2. The van der Waals surface area contributed by atoms with Crippen molar-refractivity contribution in [2.45, 2.75) is 43.5 Å². The van der Waals surface area contributed by atoms with Gasteiger partial charge in [0.15, 0.2) is 0 Å². The van der Waals surface area contributed by atoms with Crippen LogP contribution in [0.2, 0.25) is 0 Å². The average Bonchev–Trinajstić information content (AvgIpc) is 3.23. The molecule has 2 aliphatic heterocycles. The molecule has 8 nitrogen and oxygen atoms in total. The molecule has 30 heavy (non-hydrogen) atoms. The molecule has 0 radical (unpaired) electrons. The minimum absolute atomic E-state index is 0.0874. The third kappa shape index (κ3) is 3.67. The lowest BCUT2D eigenvalue weighted by atomic mass is 9.96. The van der Waals surface area contributed by atoms with Crippen LogP contribution in [0, 0.1) is 12.8 Å². The lowest BCUT2D eigenvalue weighted by Gasteiger charge is -2.33. The van der Waals surface area contributed by atoms with Gasteiger partial charge in [-0.1, -0.05) is 12.1 Å². The molecule has 2 fully saturated rings. The van der Waals surface area contributed by atoms with Crippen LogP contribution in [0.3, 0.4) is 0 Å². The van der Waals surface area contributed by atoms with E-state index in [1.807, 2.05) is 19.1 Å². The van der Waals surface area contributed by atoms with E-state index in [9.17, 15) is 18.0 Å². The summed E-state index contributed by atoms with van der Waals surface area (Å²) in [6.45, 7) is 2.97. The molecular formula is C21H26N4O4S. The highest BCUT2D eigenvalue weighted by molar-refractivity contribution is 7.89. The highest BCUT2D eigenvalue weighted by Crippen LogP contribution is 2.30. The fraction of sp³-hybridized carbons (Fsp3) is 0.476. The Labute approximate surface area is 176 Å². The van der Waals surface area contributed by atoms with Crippen LogP contribution in [-0.2, 0) is 19.6 Å². The Balaban J connectivity index is 1.50. The topological polar surface area (TPSA) is 114 Å². The van der Waals surface area contributed by atoms with Crippen LogP contribution >= 0.6 is 0 Å². The molecule has 4 rings (SSSR count). The molecule has 1 aromatic carbocycles. The van der Waals surface area contributed by atoms with Crippen LogP contribution in [0.25, 0.3) is 10.9 Å². The first-order valence-electron chi connectivity index (χ1n) is 10.2. The highest BCUT2D eigenvalue weighted by Gasteiger charge is 2.39. The predicted molar refractivity (Wildman–Crippen MR) is 112 cm³/mol. The zero-order valence-electron chi connectivity index (χ0n) is 17.0. The van der Waals surface area contributed by atoms with E-state index in [2.05, 4.69) is 4.98 Å². The molecule has 2 N–H and O–H groups in total. The maximum atomic E-state index is 13.3. The molecule has 3 heterocycles. The number of aryl methyl sites for hydroxylation is 1. The monoisotopic (exact) mass is 430 g/mol. The van der Waals surface area contributed by atoms with Crippen LogP contribution in [0.15, 0.2) is 35.4 Å². The Kier molecular flexibility index (Phi) is 5.50. The Morgan fingerprint density at radius 3 is 2.57 bits per heavy atom. The van der Waals surface area contributed by atoms with Crippen LogP contribution in [0.5, 0.6) is 0 Å². The number of carbonyl (C=O) groups excluding carboxylic acids is 2. The number of pyridine rings is 1. The number of sulfonamides is 1. The van der Waals surface area contributed by atoms with E-state index in [0.717, 1.165) is 17.4 Å². The van der Waals surface area contributed by atoms with E-state index in [0.29, 0.717) is 31.3 Å². The van der Waals surface area contributed by atoms with E-state index in [-0.39, 0.29) is 29.8 Å². The van der Waals surface area contributed by atoms with Gasteiger partial charge in [0.1, 0.15) is 10.9 Å². The summed E-state index contributed by atoms with van der Waals surface area (Å²) in [7, 11) is -3.72. The number of hydrogen-bond acceptors (Lipinski definition) is 5. The lowest BCUT2D eigenvalue weighted by molar-refractivity contribution is -0.141. The smallest absolute Gasteiger partial charge is 0.245 e. The number of fused-ring (bicyclic) bond motifs is 1. The van der Waals surface area contributed by atoms with Gasteiger partial charge in [0.2, 0.25) is 21.8 Å². The van der Waals surface area contributed by atoms with E-state index in [4.69, 9.17) is 5.73 Å². The summed E-state index contributed by atoms with van der Waals surface area (Å²) in [5, 5.41) is 0.785. The van der Waals surface area contributed by atoms with Gasteiger partial charge in [-0.2, -0.15) is 4.31 Å². The number of rotatable bonds is 4. The fourth-order valence-corrected chi connectivity index (χ4v) is 6.13. The molecular weight excluding hydrogens is 404 g/mol. The first-order valence-corrected chi connectivity index (χ1v) is 11.7. The molecule has 0 aliphatic carbocycles. The van der Waals surface area contributed by atoms with Gasteiger partial charge in [-0.15, -0.1) is 0 Å². The fourth-order valence-electron chi connectivity index (χ4n) is 4.49. The summed E-state index contributed by atoms with van der Waals surface area (Å²) < 4.78 is 28.0. The molecule has 160 valence electrons. The van der Waals surface area contributed by atoms with Crippen molar-refractivity contribution in [2.24, 2.45) is 11.7 Å². The van der Waals surface area contributed by atoms with Crippen molar-refractivity contribution < 1.29 is 18.0 Å². The van der Waals surface area contributed by atoms with E-state index in [1.54, 1.807) is 23.2 Å². The molecule has 0 spiro atoms. The van der Waals surface area contributed by atoms with E-state index >= 15 is 0 Å². The summed E-state index contributed by atoms with van der Waals surface area (Å²) >= 11 is 0. The van der Waals surface area contributed by atoms with Gasteiger partial charge >= 0.3 is 0 Å². The van der Waals surface area contributed by atoms with Crippen molar-refractivity contribution in [3.8, 4) is 0 Å². The van der Waals surface area contributed by atoms with Gasteiger partial charge in [0, 0.05) is 37.1 Å². The quantitative estimate of drug-likeness (QED) is 0.788. The number of amides is 2. The first-order chi connectivity index (χ1) is 14.3. The van der Waals surface area contributed by atoms with Gasteiger partial charge in [-0.3, -0.25) is 14.6 Å². The molecule has 2 saturated heterocycles. The van der Waals surface area contributed by atoms with Crippen molar-refractivity contribution in [2.75, 3.05) is 19.6 Å². The maximum Gasteiger partial charge on any atom is 0.245 e. The number of likely N-dealkylation sites (tertiary alicyclic amines) is 1. The minimum Gasteiger partial charge on any atom is -0.368 e. The molecule has 2 aromatic rings. The molecule has 2 aliphatic rings. The number of aromatic nitrogens is 1. The zero-order valence-corrected chi connectivity index (χ0v) is 17.8. The molecule has 0 bridgehead atoms. The Morgan fingerprint density at radius 2 is 1.87 bits per heavy atom. The standard InChI is InChI=1S/C21H26N4O4S/c1-14-12-16-4-2-6-18(19(16)23-13-14)30(28,29)24-10-7-15(8-11-24)21(27)25-9-3-5-17(25)20(22)26/h2,4,6,12-13,15,17H,3,5,7-11H2,1H3,(H2,22,26)/t17-/m0/s1. The Hall–Kier alpha value is -2.52. The second kappa shape index (κ2) is 7.96. The summed E-state index contributed by atoms with van der Waals surface area (Å²) in [4.78, 5) is 30.6. The van der Waals surface area contributed by atoms with Gasteiger partial charge < -0.3 is 10.6 Å². The van der Waals surface area contributed by atoms with Gasteiger partial charge in [0.25, 0.3) is 0 Å². The number of hydrogen-bond donors (Lipinski definition) is 1. The summed E-state index contributed by atoms with van der Waals surface area (Å²) in [6, 6.07) is 6.54. The van der Waals surface area contributed by atoms with Crippen molar-refractivity contribution in [3.63, 3.8) is 0 Å². The molecule has 2 amide bonds. The number of primary amides is 1. The summed E-state index contributed by atoms with van der Waals surface area (Å²) in [5.74, 6) is -0.847. The first kappa shape index (κ1) is 20.7. The average molecular weight is 431 g/mol. The Morgan fingerprint density at radius 1 is 1.13 bits per heavy atom. The summed E-state index contributed by atoms with van der Waals surface area (Å²) in [6.07, 6.45) is 3.88. The normalized spacial score (nSPS) is 21.2. The Bertz CT molecular complexity index is 1090. The van der Waals surface area contributed by atoms with Crippen molar-refractivity contribution in [1.82, 2.24) is 14.2 Å². The molecule has 0 unspecified atom stereocenters. The number of nitrogens with zero attached hydrogens (tertiary/aromatic N) is 3. The molecule has 1 atom stereocenters. The number of nitrogens with two attached hydrogens (primary N) is 1.